The monoisotopic (exact) mass is 269 g/mol. The third kappa shape index (κ3) is 2.40. The van der Waals surface area contributed by atoms with Crippen molar-refractivity contribution in [3.63, 3.8) is 0 Å². The van der Waals surface area contributed by atoms with Gasteiger partial charge in [-0.05, 0) is 26.0 Å². The highest BCUT2D eigenvalue weighted by molar-refractivity contribution is 5.60. The van der Waals surface area contributed by atoms with Crippen LogP contribution in [0.4, 0.5) is 11.5 Å². The molecule has 0 aliphatic rings. The summed E-state index contributed by atoms with van der Waals surface area (Å²) < 4.78 is 7.16. The molecule has 0 radical (unpaired) electrons. The number of ether oxygens (including phenoxy) is 1. The number of hydrogen-bond donors (Lipinski definition) is 1. The van der Waals surface area contributed by atoms with Gasteiger partial charge in [0.05, 0.1) is 6.61 Å². The van der Waals surface area contributed by atoms with Gasteiger partial charge in [0.25, 0.3) is 5.78 Å². The summed E-state index contributed by atoms with van der Waals surface area (Å²) in [5.41, 5.74) is 1.81. The van der Waals surface area contributed by atoms with E-state index in [-0.39, 0.29) is 0 Å². The van der Waals surface area contributed by atoms with E-state index in [4.69, 9.17) is 4.74 Å². The van der Waals surface area contributed by atoms with Crippen LogP contribution in [0.15, 0.2) is 36.7 Å². The first-order valence-corrected chi connectivity index (χ1v) is 6.43. The second-order valence-corrected chi connectivity index (χ2v) is 4.34. The highest BCUT2D eigenvalue weighted by Gasteiger charge is 2.06. The van der Waals surface area contributed by atoms with Gasteiger partial charge in [-0.15, -0.1) is 0 Å². The van der Waals surface area contributed by atoms with Gasteiger partial charge in [0.1, 0.15) is 17.9 Å². The van der Waals surface area contributed by atoms with Crippen LogP contribution >= 0.6 is 0 Å². The van der Waals surface area contributed by atoms with Crippen LogP contribution in [0.5, 0.6) is 5.75 Å². The van der Waals surface area contributed by atoms with Crippen molar-refractivity contribution in [2.75, 3.05) is 11.9 Å². The molecular weight excluding hydrogens is 254 g/mol. The molecule has 2 aromatic heterocycles. The summed E-state index contributed by atoms with van der Waals surface area (Å²) in [7, 11) is 0. The fraction of sp³-hybridized carbons (Fsp3) is 0.214. The number of fused-ring (bicyclic) bond motifs is 1. The molecule has 102 valence electrons. The quantitative estimate of drug-likeness (QED) is 0.788. The summed E-state index contributed by atoms with van der Waals surface area (Å²) in [6.45, 7) is 4.53. The molecule has 0 saturated heterocycles. The SMILES string of the molecule is CCOc1cccc(Nc2cc(C)nc3ncnn23)c1. The Kier molecular flexibility index (Phi) is 3.20. The highest BCUT2D eigenvalue weighted by Crippen LogP contribution is 2.21. The van der Waals surface area contributed by atoms with Gasteiger partial charge in [-0.2, -0.15) is 14.6 Å². The molecule has 0 bridgehead atoms. The number of hydrogen-bond acceptors (Lipinski definition) is 5. The molecule has 0 atom stereocenters. The topological polar surface area (TPSA) is 64.3 Å². The van der Waals surface area contributed by atoms with Crippen molar-refractivity contribution in [1.29, 1.82) is 0 Å². The summed E-state index contributed by atoms with van der Waals surface area (Å²) in [5.74, 6) is 2.23. The number of rotatable bonds is 4. The molecule has 0 amide bonds. The smallest absolute Gasteiger partial charge is 0.254 e. The van der Waals surface area contributed by atoms with Crippen molar-refractivity contribution in [3.05, 3.63) is 42.4 Å². The van der Waals surface area contributed by atoms with Crippen LogP contribution in [0, 0.1) is 6.92 Å². The minimum atomic E-state index is 0.577. The minimum Gasteiger partial charge on any atom is -0.494 e. The first kappa shape index (κ1) is 12.4. The minimum absolute atomic E-state index is 0.577. The molecule has 3 rings (SSSR count). The van der Waals surface area contributed by atoms with E-state index in [0.717, 1.165) is 22.9 Å². The number of nitrogens with zero attached hydrogens (tertiary/aromatic N) is 4. The largest absolute Gasteiger partial charge is 0.494 e. The number of aromatic nitrogens is 4. The lowest BCUT2D eigenvalue weighted by Crippen LogP contribution is -2.02. The maximum absolute atomic E-state index is 5.49. The highest BCUT2D eigenvalue weighted by atomic mass is 16.5. The Labute approximate surface area is 116 Å². The van der Waals surface area contributed by atoms with Gasteiger partial charge in [-0.1, -0.05) is 6.07 Å². The molecule has 0 spiro atoms. The van der Waals surface area contributed by atoms with Crippen LogP contribution in [0.1, 0.15) is 12.6 Å². The molecule has 0 saturated carbocycles. The van der Waals surface area contributed by atoms with Crippen molar-refractivity contribution in [1.82, 2.24) is 19.6 Å². The Balaban J connectivity index is 1.96. The zero-order valence-corrected chi connectivity index (χ0v) is 11.4. The van der Waals surface area contributed by atoms with E-state index in [2.05, 4.69) is 20.4 Å². The number of nitrogens with one attached hydrogen (secondary N) is 1. The predicted octanol–water partition coefficient (Wildman–Crippen LogP) is 2.58. The van der Waals surface area contributed by atoms with Gasteiger partial charge in [0.2, 0.25) is 0 Å². The molecule has 0 aliphatic heterocycles. The first-order valence-electron chi connectivity index (χ1n) is 6.43. The fourth-order valence-electron chi connectivity index (χ4n) is 2.00. The van der Waals surface area contributed by atoms with Crippen LogP contribution in [0.2, 0.25) is 0 Å². The van der Waals surface area contributed by atoms with E-state index in [9.17, 15) is 0 Å². The molecule has 1 N–H and O–H groups in total. The first-order chi connectivity index (χ1) is 9.76. The summed E-state index contributed by atoms with van der Waals surface area (Å²) in [5, 5.41) is 7.48. The predicted molar refractivity (Wildman–Crippen MR) is 76.4 cm³/mol. The average molecular weight is 269 g/mol. The van der Waals surface area contributed by atoms with Crippen LogP contribution in [0.3, 0.4) is 0 Å². The van der Waals surface area contributed by atoms with Crippen LogP contribution in [-0.4, -0.2) is 26.2 Å². The van der Waals surface area contributed by atoms with Gasteiger partial charge in [0, 0.05) is 23.5 Å². The molecule has 20 heavy (non-hydrogen) atoms. The van der Waals surface area contributed by atoms with Gasteiger partial charge in [-0.25, -0.2) is 4.98 Å². The third-order valence-corrected chi connectivity index (χ3v) is 2.80. The van der Waals surface area contributed by atoms with E-state index < -0.39 is 0 Å². The Hall–Kier alpha value is -2.63. The van der Waals surface area contributed by atoms with E-state index in [0.29, 0.717) is 12.4 Å². The van der Waals surface area contributed by atoms with Crippen molar-refractivity contribution in [3.8, 4) is 5.75 Å². The lowest BCUT2D eigenvalue weighted by atomic mass is 10.3. The van der Waals surface area contributed by atoms with Gasteiger partial charge >= 0.3 is 0 Å². The lowest BCUT2D eigenvalue weighted by Gasteiger charge is -2.10. The van der Waals surface area contributed by atoms with Crippen LogP contribution < -0.4 is 10.1 Å². The summed E-state index contributed by atoms with van der Waals surface area (Å²) in [6.07, 6.45) is 1.49. The van der Waals surface area contributed by atoms with Gasteiger partial charge in [0.15, 0.2) is 0 Å². The molecule has 0 fully saturated rings. The van der Waals surface area contributed by atoms with E-state index >= 15 is 0 Å². The Bertz CT molecular complexity index is 737. The molecule has 6 nitrogen and oxygen atoms in total. The number of benzene rings is 1. The van der Waals surface area contributed by atoms with Crippen molar-refractivity contribution in [2.24, 2.45) is 0 Å². The molecule has 0 unspecified atom stereocenters. The normalized spacial score (nSPS) is 10.7. The molecule has 0 aliphatic carbocycles. The van der Waals surface area contributed by atoms with Crippen molar-refractivity contribution in [2.45, 2.75) is 13.8 Å². The zero-order valence-electron chi connectivity index (χ0n) is 11.4. The van der Waals surface area contributed by atoms with E-state index in [1.165, 1.54) is 6.33 Å². The van der Waals surface area contributed by atoms with Crippen molar-refractivity contribution >= 4 is 17.3 Å². The Morgan fingerprint density at radius 1 is 1.30 bits per heavy atom. The van der Waals surface area contributed by atoms with Gasteiger partial charge in [-0.3, -0.25) is 0 Å². The second kappa shape index (κ2) is 5.16. The summed E-state index contributed by atoms with van der Waals surface area (Å²) in [6, 6.07) is 9.72. The standard InChI is InChI=1S/C14H15N5O/c1-3-20-12-6-4-5-11(8-12)18-13-7-10(2)17-14-15-9-16-19(13)14/h4-9,18H,3H2,1-2H3. The Morgan fingerprint density at radius 3 is 3.05 bits per heavy atom. The molecular formula is C14H15N5O. The van der Waals surface area contributed by atoms with Crippen LogP contribution in [-0.2, 0) is 0 Å². The summed E-state index contributed by atoms with van der Waals surface area (Å²) in [4.78, 5) is 8.41. The molecule has 2 heterocycles. The molecule has 1 aromatic carbocycles. The van der Waals surface area contributed by atoms with Crippen LogP contribution in [0.25, 0.3) is 5.78 Å². The molecule has 3 aromatic rings. The lowest BCUT2D eigenvalue weighted by molar-refractivity contribution is 0.340. The summed E-state index contributed by atoms with van der Waals surface area (Å²) >= 11 is 0. The van der Waals surface area contributed by atoms with Gasteiger partial charge < -0.3 is 10.1 Å². The van der Waals surface area contributed by atoms with E-state index in [1.807, 2.05) is 44.2 Å². The maximum Gasteiger partial charge on any atom is 0.254 e. The zero-order chi connectivity index (χ0) is 13.9. The third-order valence-electron chi connectivity index (χ3n) is 2.80. The second-order valence-electron chi connectivity index (χ2n) is 4.34. The van der Waals surface area contributed by atoms with Crippen molar-refractivity contribution < 1.29 is 4.74 Å². The Morgan fingerprint density at radius 2 is 2.20 bits per heavy atom. The number of aryl methyl sites for hydroxylation is 1. The fourth-order valence-corrected chi connectivity index (χ4v) is 2.00. The van der Waals surface area contributed by atoms with E-state index in [1.54, 1.807) is 4.52 Å². The number of anilines is 2. The average Bonchev–Trinajstić information content (AvgIpc) is 2.87. The maximum atomic E-state index is 5.49. The molecule has 6 heteroatoms.